The van der Waals surface area contributed by atoms with Crippen molar-refractivity contribution in [1.82, 2.24) is 4.90 Å². The Labute approximate surface area is 255 Å². The highest BCUT2D eigenvalue weighted by atomic mass is 15.1. The Morgan fingerprint density at radius 2 is 0.930 bits per heavy atom. The van der Waals surface area contributed by atoms with Crippen molar-refractivity contribution in [3.8, 4) is 22.5 Å². The van der Waals surface area contributed by atoms with E-state index in [4.69, 9.17) is 0 Å². The second-order valence-corrected chi connectivity index (χ2v) is 10.6. The molecular weight excluding hydrogens is 520 g/mol. The Hall–Kier alpha value is -5.47. The van der Waals surface area contributed by atoms with Crippen molar-refractivity contribution in [2.45, 2.75) is 0 Å². The van der Waals surface area contributed by atoms with Crippen LogP contribution in [-0.4, -0.2) is 11.9 Å². The number of hydrogen-bond donors (Lipinski definition) is 0. The van der Waals surface area contributed by atoms with Crippen LogP contribution in [0, 0.1) is 0 Å². The van der Waals surface area contributed by atoms with Gasteiger partial charge in [-0.15, -0.1) is 0 Å². The highest BCUT2D eigenvalue weighted by Crippen LogP contribution is 2.34. The number of rotatable bonds is 7. The molecule has 1 aromatic heterocycles. The zero-order valence-electron chi connectivity index (χ0n) is 24.6. The molecule has 0 fully saturated rings. The van der Waals surface area contributed by atoms with Crippen LogP contribution in [0.2, 0.25) is 0 Å². The SMILES string of the molecule is CN1C(c2ccccc2)=CC(=C/C=C/C=C/c2cc(-c3ccccc3)[n+](C)c(-c3ccccc3)c2)C=C1c1ccccc1. The minimum atomic E-state index is 1.16. The van der Waals surface area contributed by atoms with Crippen molar-refractivity contribution in [2.24, 2.45) is 7.05 Å². The largest absolute Gasteiger partial charge is 0.344 e. The van der Waals surface area contributed by atoms with Gasteiger partial charge in [0.1, 0.15) is 7.05 Å². The van der Waals surface area contributed by atoms with Gasteiger partial charge in [-0.05, 0) is 58.7 Å². The summed E-state index contributed by atoms with van der Waals surface area (Å²) in [7, 11) is 4.28. The highest BCUT2D eigenvalue weighted by molar-refractivity contribution is 5.83. The van der Waals surface area contributed by atoms with Crippen molar-refractivity contribution in [3.63, 3.8) is 0 Å². The summed E-state index contributed by atoms with van der Waals surface area (Å²) in [5.41, 5.74) is 11.8. The van der Waals surface area contributed by atoms with Crippen LogP contribution in [-0.2, 0) is 7.05 Å². The predicted molar refractivity (Wildman–Crippen MR) is 181 cm³/mol. The van der Waals surface area contributed by atoms with E-state index >= 15 is 0 Å². The zero-order chi connectivity index (χ0) is 29.4. The van der Waals surface area contributed by atoms with Gasteiger partial charge in [0.25, 0.3) is 0 Å². The normalized spacial score (nSPS) is 13.3. The van der Waals surface area contributed by atoms with Gasteiger partial charge in [0.2, 0.25) is 11.4 Å². The van der Waals surface area contributed by atoms with Crippen LogP contribution in [0.4, 0.5) is 0 Å². The van der Waals surface area contributed by atoms with E-state index in [1.165, 1.54) is 45.0 Å². The van der Waals surface area contributed by atoms with E-state index in [0.29, 0.717) is 0 Å². The molecule has 2 heterocycles. The van der Waals surface area contributed by atoms with Crippen LogP contribution in [0.25, 0.3) is 40.0 Å². The molecule has 0 N–H and O–H groups in total. The van der Waals surface area contributed by atoms with E-state index in [1.54, 1.807) is 0 Å². The molecule has 1 aliphatic rings. The molecule has 0 bridgehead atoms. The molecule has 0 spiro atoms. The van der Waals surface area contributed by atoms with Gasteiger partial charge in [0, 0.05) is 41.7 Å². The average Bonchev–Trinajstić information content (AvgIpc) is 3.07. The number of allylic oxidation sites excluding steroid dienone is 7. The van der Waals surface area contributed by atoms with Crippen LogP contribution < -0.4 is 4.57 Å². The third-order valence-electron chi connectivity index (χ3n) is 7.74. The van der Waals surface area contributed by atoms with E-state index in [0.717, 1.165) is 11.1 Å². The summed E-state index contributed by atoms with van der Waals surface area (Å²) in [4.78, 5) is 2.27. The lowest BCUT2D eigenvalue weighted by Crippen LogP contribution is -2.34. The van der Waals surface area contributed by atoms with Gasteiger partial charge >= 0.3 is 0 Å². The van der Waals surface area contributed by atoms with E-state index in [2.05, 4.69) is 200 Å². The first kappa shape index (κ1) is 27.7. The van der Waals surface area contributed by atoms with Crippen molar-refractivity contribution < 1.29 is 4.57 Å². The Bertz CT molecular complexity index is 1720. The van der Waals surface area contributed by atoms with Gasteiger partial charge in [-0.25, -0.2) is 0 Å². The van der Waals surface area contributed by atoms with Gasteiger partial charge in [-0.2, -0.15) is 4.57 Å². The molecule has 208 valence electrons. The molecule has 0 saturated heterocycles. The van der Waals surface area contributed by atoms with E-state index in [9.17, 15) is 0 Å². The molecule has 0 aliphatic carbocycles. The van der Waals surface area contributed by atoms with Crippen LogP contribution in [0.5, 0.6) is 0 Å². The standard InChI is InChI=1S/C41H35N2/c1-42-38(34-20-10-4-11-21-34)28-32(29-39(42)35-22-12-5-13-23-35)18-8-3-9-19-33-30-40(36-24-14-6-15-25-36)43(2)41(31-33)37-26-16-7-17-27-37/h3-31H,1-2H3/q+1. The Kier molecular flexibility index (Phi) is 8.38. The summed E-state index contributed by atoms with van der Waals surface area (Å²) in [6, 6.07) is 46.8. The Morgan fingerprint density at radius 3 is 1.37 bits per heavy atom. The highest BCUT2D eigenvalue weighted by Gasteiger charge is 2.19. The molecule has 0 amide bonds. The van der Waals surface area contributed by atoms with E-state index < -0.39 is 0 Å². The molecular formula is C41H35N2+. The number of nitrogens with zero attached hydrogens (tertiary/aromatic N) is 2. The number of aromatic nitrogens is 1. The maximum atomic E-state index is 2.27. The quantitative estimate of drug-likeness (QED) is 0.143. The summed E-state index contributed by atoms with van der Waals surface area (Å²) in [6.45, 7) is 0. The van der Waals surface area contributed by atoms with E-state index in [1.807, 2.05) is 0 Å². The predicted octanol–water partition coefficient (Wildman–Crippen LogP) is 9.37. The van der Waals surface area contributed by atoms with Gasteiger partial charge in [0.15, 0.2) is 0 Å². The lowest BCUT2D eigenvalue weighted by Gasteiger charge is -2.30. The fourth-order valence-electron chi connectivity index (χ4n) is 5.50. The summed E-state index contributed by atoms with van der Waals surface area (Å²) in [5, 5.41) is 0. The van der Waals surface area contributed by atoms with Crippen LogP contribution in [0.3, 0.4) is 0 Å². The van der Waals surface area contributed by atoms with Crippen LogP contribution >= 0.6 is 0 Å². The van der Waals surface area contributed by atoms with Crippen molar-refractivity contribution >= 4 is 17.5 Å². The molecule has 0 unspecified atom stereocenters. The van der Waals surface area contributed by atoms with Crippen molar-refractivity contribution in [3.05, 3.63) is 192 Å². The fourth-order valence-corrected chi connectivity index (χ4v) is 5.50. The second-order valence-electron chi connectivity index (χ2n) is 10.6. The van der Waals surface area contributed by atoms with Crippen molar-refractivity contribution in [2.75, 3.05) is 7.05 Å². The monoisotopic (exact) mass is 555 g/mol. The Balaban J connectivity index is 1.32. The molecule has 0 atom stereocenters. The molecule has 5 aromatic rings. The molecule has 4 aromatic carbocycles. The molecule has 2 nitrogen and oxygen atoms in total. The molecule has 0 saturated carbocycles. The number of pyridine rings is 1. The van der Waals surface area contributed by atoms with Crippen LogP contribution in [0.15, 0.2) is 175 Å². The lowest BCUT2D eigenvalue weighted by atomic mass is 9.99. The van der Waals surface area contributed by atoms with Gasteiger partial charge in [0.05, 0.1) is 0 Å². The van der Waals surface area contributed by atoms with Crippen LogP contribution in [0.1, 0.15) is 16.7 Å². The molecule has 1 aliphatic heterocycles. The smallest absolute Gasteiger partial charge is 0.213 e. The van der Waals surface area contributed by atoms with E-state index in [-0.39, 0.29) is 0 Å². The minimum absolute atomic E-state index is 1.16. The maximum Gasteiger partial charge on any atom is 0.213 e. The van der Waals surface area contributed by atoms with Crippen molar-refractivity contribution in [1.29, 1.82) is 0 Å². The first-order valence-corrected chi connectivity index (χ1v) is 14.7. The van der Waals surface area contributed by atoms with Gasteiger partial charge < -0.3 is 4.90 Å². The third-order valence-corrected chi connectivity index (χ3v) is 7.74. The topological polar surface area (TPSA) is 7.12 Å². The summed E-state index contributed by atoms with van der Waals surface area (Å²) in [5.74, 6) is 0. The first-order valence-electron chi connectivity index (χ1n) is 14.7. The zero-order valence-corrected chi connectivity index (χ0v) is 24.6. The fraction of sp³-hybridized carbons (Fsp3) is 0.0488. The minimum Gasteiger partial charge on any atom is -0.344 e. The molecule has 43 heavy (non-hydrogen) atoms. The summed E-state index contributed by atoms with van der Waals surface area (Å²) >= 11 is 0. The average molecular weight is 556 g/mol. The first-order chi connectivity index (χ1) is 21.2. The number of hydrogen-bond acceptors (Lipinski definition) is 1. The summed E-state index contributed by atoms with van der Waals surface area (Å²) < 4.78 is 2.27. The second kappa shape index (κ2) is 13.0. The summed E-state index contributed by atoms with van der Waals surface area (Å²) in [6.07, 6.45) is 15.2. The molecule has 2 heteroatoms. The molecule has 0 radical (unpaired) electrons. The molecule has 6 rings (SSSR count). The van der Waals surface area contributed by atoms with Gasteiger partial charge in [-0.3, -0.25) is 0 Å². The third kappa shape index (κ3) is 6.39. The van der Waals surface area contributed by atoms with Gasteiger partial charge in [-0.1, -0.05) is 127 Å². The Morgan fingerprint density at radius 1 is 0.512 bits per heavy atom. The maximum absolute atomic E-state index is 2.27. The number of benzene rings is 4. The lowest BCUT2D eigenvalue weighted by molar-refractivity contribution is -0.649.